The van der Waals surface area contributed by atoms with Crippen molar-refractivity contribution in [2.75, 3.05) is 11.9 Å². The van der Waals surface area contributed by atoms with E-state index in [9.17, 15) is 9.90 Å². The fourth-order valence-corrected chi connectivity index (χ4v) is 2.87. The summed E-state index contributed by atoms with van der Waals surface area (Å²) in [6.45, 7) is 0.491. The molecule has 20 heavy (non-hydrogen) atoms. The van der Waals surface area contributed by atoms with E-state index in [1.807, 2.05) is 24.3 Å². The maximum absolute atomic E-state index is 11.4. The molecule has 0 bridgehead atoms. The van der Waals surface area contributed by atoms with Crippen LogP contribution in [0.15, 0.2) is 46.9 Å². The molecule has 2 aromatic carbocycles. The zero-order valence-corrected chi connectivity index (χ0v) is 12.1. The Morgan fingerprint density at radius 2 is 2.05 bits per heavy atom. The van der Waals surface area contributed by atoms with Gasteiger partial charge in [0.2, 0.25) is 0 Å². The van der Waals surface area contributed by atoms with Crippen LogP contribution >= 0.6 is 15.9 Å². The van der Waals surface area contributed by atoms with E-state index in [1.54, 1.807) is 18.2 Å². The molecule has 0 amide bonds. The molecule has 0 saturated carbocycles. The van der Waals surface area contributed by atoms with E-state index in [-0.39, 0.29) is 11.6 Å². The van der Waals surface area contributed by atoms with Gasteiger partial charge in [-0.1, -0.05) is 24.3 Å². The SMILES string of the molecule is O=C(O)c1c(Br)cccc1NC1COc2ccccc21. The van der Waals surface area contributed by atoms with Gasteiger partial charge in [-0.05, 0) is 34.1 Å². The zero-order chi connectivity index (χ0) is 14.1. The number of halogens is 1. The summed E-state index contributed by atoms with van der Waals surface area (Å²) in [5, 5.41) is 12.6. The fraction of sp³-hybridized carbons (Fsp3) is 0.133. The average molecular weight is 334 g/mol. The first kappa shape index (κ1) is 13.0. The second kappa shape index (κ2) is 5.17. The number of para-hydroxylation sites is 1. The second-order valence-corrected chi connectivity index (χ2v) is 5.37. The van der Waals surface area contributed by atoms with E-state index in [2.05, 4.69) is 21.2 Å². The first-order chi connectivity index (χ1) is 9.66. The number of carboxylic acids is 1. The Labute approximate surface area is 124 Å². The molecule has 1 heterocycles. The molecule has 1 atom stereocenters. The lowest BCUT2D eigenvalue weighted by Crippen LogP contribution is -2.15. The maximum atomic E-state index is 11.4. The van der Waals surface area contributed by atoms with Crippen molar-refractivity contribution < 1.29 is 14.6 Å². The summed E-state index contributed by atoms with van der Waals surface area (Å²) in [5.41, 5.74) is 1.86. The van der Waals surface area contributed by atoms with Gasteiger partial charge in [0, 0.05) is 10.0 Å². The molecule has 4 nitrogen and oxygen atoms in total. The summed E-state index contributed by atoms with van der Waals surface area (Å²) in [6, 6.07) is 13.0. The number of fused-ring (bicyclic) bond motifs is 1. The number of rotatable bonds is 3. The van der Waals surface area contributed by atoms with Gasteiger partial charge in [-0.15, -0.1) is 0 Å². The third kappa shape index (κ3) is 2.25. The number of nitrogens with one attached hydrogen (secondary N) is 1. The lowest BCUT2D eigenvalue weighted by atomic mass is 10.1. The van der Waals surface area contributed by atoms with Gasteiger partial charge in [-0.3, -0.25) is 0 Å². The van der Waals surface area contributed by atoms with E-state index in [4.69, 9.17) is 4.74 Å². The molecule has 5 heteroatoms. The molecule has 102 valence electrons. The van der Waals surface area contributed by atoms with Crippen molar-refractivity contribution >= 4 is 27.6 Å². The van der Waals surface area contributed by atoms with Crippen LogP contribution in [0.4, 0.5) is 5.69 Å². The third-order valence-corrected chi connectivity index (χ3v) is 3.92. The number of carbonyl (C=O) groups is 1. The van der Waals surface area contributed by atoms with Crippen LogP contribution in [-0.2, 0) is 0 Å². The molecule has 2 N–H and O–H groups in total. The number of hydrogen-bond donors (Lipinski definition) is 2. The number of ether oxygens (including phenoxy) is 1. The third-order valence-electron chi connectivity index (χ3n) is 3.26. The summed E-state index contributed by atoms with van der Waals surface area (Å²) < 4.78 is 6.15. The molecule has 0 fully saturated rings. The van der Waals surface area contributed by atoms with Crippen molar-refractivity contribution in [1.29, 1.82) is 0 Å². The van der Waals surface area contributed by atoms with Crippen LogP contribution in [0, 0.1) is 0 Å². The summed E-state index contributed by atoms with van der Waals surface area (Å²) >= 11 is 3.28. The van der Waals surface area contributed by atoms with Crippen LogP contribution in [0.2, 0.25) is 0 Å². The predicted octanol–water partition coefficient (Wildman–Crippen LogP) is 3.69. The topological polar surface area (TPSA) is 58.6 Å². The molecule has 0 spiro atoms. The van der Waals surface area contributed by atoms with Crippen LogP contribution in [0.1, 0.15) is 22.0 Å². The molecule has 0 aromatic heterocycles. The lowest BCUT2D eigenvalue weighted by Gasteiger charge is -2.16. The van der Waals surface area contributed by atoms with Crippen molar-refractivity contribution in [1.82, 2.24) is 0 Å². The van der Waals surface area contributed by atoms with Gasteiger partial charge < -0.3 is 15.2 Å². The maximum Gasteiger partial charge on any atom is 0.338 e. The molecular weight excluding hydrogens is 322 g/mol. The van der Waals surface area contributed by atoms with Gasteiger partial charge in [-0.25, -0.2) is 4.79 Å². The highest BCUT2D eigenvalue weighted by molar-refractivity contribution is 9.10. The van der Waals surface area contributed by atoms with Crippen molar-refractivity contribution in [3.8, 4) is 5.75 Å². The van der Waals surface area contributed by atoms with E-state index in [1.165, 1.54) is 0 Å². The van der Waals surface area contributed by atoms with Crippen molar-refractivity contribution in [2.24, 2.45) is 0 Å². The van der Waals surface area contributed by atoms with Gasteiger partial charge in [0.05, 0.1) is 17.3 Å². The first-order valence-corrected chi connectivity index (χ1v) is 6.96. The Balaban J connectivity index is 1.94. The quantitative estimate of drug-likeness (QED) is 0.899. The summed E-state index contributed by atoms with van der Waals surface area (Å²) in [4.78, 5) is 11.4. The van der Waals surface area contributed by atoms with Gasteiger partial charge in [0.25, 0.3) is 0 Å². The Kier molecular flexibility index (Phi) is 3.36. The predicted molar refractivity (Wildman–Crippen MR) is 79.4 cm³/mol. The number of carboxylic acid groups (broad SMARTS) is 1. The molecule has 0 radical (unpaired) electrons. The number of hydrogen-bond acceptors (Lipinski definition) is 3. The average Bonchev–Trinajstić information content (AvgIpc) is 2.82. The Bertz CT molecular complexity index is 672. The van der Waals surface area contributed by atoms with Crippen molar-refractivity contribution in [3.63, 3.8) is 0 Å². The molecule has 1 aliphatic rings. The molecule has 2 aromatic rings. The van der Waals surface area contributed by atoms with Gasteiger partial charge in [0.1, 0.15) is 12.4 Å². The molecule has 1 unspecified atom stereocenters. The summed E-state index contributed by atoms with van der Waals surface area (Å²) in [5.74, 6) is -0.121. The number of anilines is 1. The van der Waals surface area contributed by atoms with E-state index in [0.717, 1.165) is 11.3 Å². The van der Waals surface area contributed by atoms with Crippen LogP contribution in [-0.4, -0.2) is 17.7 Å². The van der Waals surface area contributed by atoms with Gasteiger partial charge in [-0.2, -0.15) is 0 Å². The Hall–Kier alpha value is -2.01. The summed E-state index contributed by atoms with van der Waals surface area (Å²) in [7, 11) is 0. The first-order valence-electron chi connectivity index (χ1n) is 6.17. The largest absolute Gasteiger partial charge is 0.491 e. The highest BCUT2D eigenvalue weighted by Crippen LogP contribution is 2.35. The Morgan fingerprint density at radius 1 is 1.25 bits per heavy atom. The summed E-state index contributed by atoms with van der Waals surface area (Å²) in [6.07, 6.45) is 0. The van der Waals surface area contributed by atoms with Gasteiger partial charge in [0.15, 0.2) is 0 Å². The molecule has 0 saturated heterocycles. The molecule has 3 rings (SSSR count). The van der Waals surface area contributed by atoms with Crippen LogP contribution < -0.4 is 10.1 Å². The van der Waals surface area contributed by atoms with E-state index >= 15 is 0 Å². The molecule has 0 aliphatic carbocycles. The second-order valence-electron chi connectivity index (χ2n) is 4.51. The number of aromatic carboxylic acids is 1. The molecule has 1 aliphatic heterocycles. The van der Waals surface area contributed by atoms with Crippen molar-refractivity contribution in [3.05, 3.63) is 58.1 Å². The minimum atomic E-state index is -0.966. The Morgan fingerprint density at radius 3 is 2.85 bits per heavy atom. The minimum Gasteiger partial charge on any atom is -0.491 e. The van der Waals surface area contributed by atoms with E-state index in [0.29, 0.717) is 16.8 Å². The smallest absolute Gasteiger partial charge is 0.338 e. The van der Waals surface area contributed by atoms with Crippen LogP contribution in [0.25, 0.3) is 0 Å². The van der Waals surface area contributed by atoms with Crippen LogP contribution in [0.3, 0.4) is 0 Å². The standard InChI is InChI=1S/C15H12BrNO3/c16-10-5-3-6-11(14(10)15(18)19)17-12-8-20-13-7-2-1-4-9(12)13/h1-7,12,17H,8H2,(H,18,19). The zero-order valence-electron chi connectivity index (χ0n) is 10.5. The van der Waals surface area contributed by atoms with E-state index < -0.39 is 5.97 Å². The van der Waals surface area contributed by atoms with Crippen LogP contribution in [0.5, 0.6) is 5.75 Å². The van der Waals surface area contributed by atoms with Crippen molar-refractivity contribution in [2.45, 2.75) is 6.04 Å². The fourth-order valence-electron chi connectivity index (χ4n) is 2.33. The molecular formula is C15H12BrNO3. The highest BCUT2D eigenvalue weighted by atomic mass is 79.9. The minimum absolute atomic E-state index is 0.0430. The highest BCUT2D eigenvalue weighted by Gasteiger charge is 2.25. The monoisotopic (exact) mass is 333 g/mol. The normalized spacial score (nSPS) is 16.4. The van der Waals surface area contributed by atoms with Gasteiger partial charge >= 0.3 is 5.97 Å². The number of benzene rings is 2. The lowest BCUT2D eigenvalue weighted by molar-refractivity contribution is 0.0697.